The number of methoxy groups -OCH3 is 1. The number of hydrogen-bond acceptors (Lipinski definition) is 4. The summed E-state index contributed by atoms with van der Waals surface area (Å²) >= 11 is 4.85. The van der Waals surface area contributed by atoms with Crippen molar-refractivity contribution in [2.75, 3.05) is 7.11 Å². The van der Waals surface area contributed by atoms with Gasteiger partial charge in [0.05, 0.1) is 12.7 Å². The first-order valence-corrected chi connectivity index (χ1v) is 7.15. The van der Waals surface area contributed by atoms with E-state index in [2.05, 4.69) is 0 Å². The number of halogens is 1. The molecule has 0 N–H and O–H groups in total. The van der Waals surface area contributed by atoms with Crippen molar-refractivity contribution in [3.05, 3.63) is 58.9 Å². The molecule has 5 heteroatoms. The summed E-state index contributed by atoms with van der Waals surface area (Å²) in [4.78, 5) is 0. The highest BCUT2D eigenvalue weighted by atomic mass is 32.1. The maximum Gasteiger partial charge on any atom is 0.357 e. The summed E-state index contributed by atoms with van der Waals surface area (Å²) in [6.07, 6.45) is 0. The Morgan fingerprint density at radius 3 is 2.59 bits per heavy atom. The number of hydrogen-bond donors (Lipinski definition) is 0. The molecule has 0 saturated carbocycles. The van der Waals surface area contributed by atoms with Crippen LogP contribution in [0.3, 0.4) is 0 Å². The number of benzene rings is 2. The Morgan fingerprint density at radius 1 is 1.14 bits per heavy atom. The molecule has 0 atom stereocenters. The lowest BCUT2D eigenvalue weighted by Crippen LogP contribution is -2.10. The van der Waals surface area contributed by atoms with Gasteiger partial charge in [0, 0.05) is 12.2 Å². The average Bonchev–Trinajstić information content (AvgIpc) is 2.48. The first-order chi connectivity index (χ1) is 10.5. The average molecular weight is 320 g/mol. The van der Waals surface area contributed by atoms with E-state index in [1.807, 2.05) is 32.0 Å². The zero-order valence-electron chi connectivity index (χ0n) is 12.7. The molecule has 0 fully saturated rings. The van der Waals surface area contributed by atoms with Crippen molar-refractivity contribution in [2.24, 2.45) is 0 Å². The normalized spacial score (nSPS) is 10.2. The van der Waals surface area contributed by atoms with Crippen LogP contribution in [0.4, 0.5) is 4.39 Å². The van der Waals surface area contributed by atoms with Crippen LogP contribution in [0.5, 0.6) is 11.5 Å². The number of ether oxygens (including phenoxy) is 3. The van der Waals surface area contributed by atoms with Crippen LogP contribution in [-0.4, -0.2) is 12.3 Å². The zero-order valence-corrected chi connectivity index (χ0v) is 13.5. The van der Waals surface area contributed by atoms with E-state index in [0.717, 1.165) is 11.1 Å². The van der Waals surface area contributed by atoms with Gasteiger partial charge in [-0.2, -0.15) is 0 Å². The summed E-state index contributed by atoms with van der Waals surface area (Å²) in [6, 6.07) is 10.3. The van der Waals surface area contributed by atoms with Crippen LogP contribution in [0.1, 0.15) is 16.7 Å². The van der Waals surface area contributed by atoms with Crippen molar-refractivity contribution >= 4 is 17.5 Å². The molecule has 2 rings (SSSR count). The molecule has 0 aromatic heterocycles. The van der Waals surface area contributed by atoms with Gasteiger partial charge in [-0.1, -0.05) is 23.8 Å². The van der Waals surface area contributed by atoms with Gasteiger partial charge < -0.3 is 14.2 Å². The van der Waals surface area contributed by atoms with Crippen molar-refractivity contribution in [2.45, 2.75) is 20.5 Å². The molecule has 0 heterocycles. The molecule has 0 unspecified atom stereocenters. The maximum absolute atomic E-state index is 14.0. The number of rotatable bonds is 4. The minimum absolute atomic E-state index is 0.0399. The van der Waals surface area contributed by atoms with Gasteiger partial charge in [0.1, 0.15) is 23.9 Å². The molecule has 2 aromatic carbocycles. The van der Waals surface area contributed by atoms with Crippen molar-refractivity contribution in [3.63, 3.8) is 0 Å². The highest BCUT2D eigenvalue weighted by Crippen LogP contribution is 2.26. The number of thiocarbonyl (C=S) groups is 1. The van der Waals surface area contributed by atoms with E-state index in [4.69, 9.17) is 26.4 Å². The van der Waals surface area contributed by atoms with E-state index < -0.39 is 5.82 Å². The van der Waals surface area contributed by atoms with Gasteiger partial charge >= 0.3 is 5.24 Å². The molecular weight excluding hydrogens is 303 g/mol. The molecular formula is C17H17FO3S. The van der Waals surface area contributed by atoms with Crippen LogP contribution in [0, 0.1) is 19.7 Å². The molecule has 0 bridgehead atoms. The second-order valence-electron chi connectivity index (χ2n) is 4.83. The van der Waals surface area contributed by atoms with E-state index >= 15 is 0 Å². The third kappa shape index (κ3) is 3.95. The van der Waals surface area contributed by atoms with Gasteiger partial charge in [0.15, 0.2) is 0 Å². The van der Waals surface area contributed by atoms with E-state index in [9.17, 15) is 4.39 Å². The molecule has 0 aliphatic carbocycles. The Kier molecular flexibility index (Phi) is 5.33. The Bertz CT molecular complexity index is 686. The molecule has 0 saturated heterocycles. The van der Waals surface area contributed by atoms with Crippen LogP contribution < -0.4 is 9.47 Å². The second kappa shape index (κ2) is 7.22. The largest absolute Gasteiger partial charge is 0.488 e. The monoisotopic (exact) mass is 320 g/mol. The highest BCUT2D eigenvalue weighted by molar-refractivity contribution is 7.79. The Balaban J connectivity index is 2.19. The summed E-state index contributed by atoms with van der Waals surface area (Å²) < 4.78 is 29.8. The molecule has 116 valence electrons. The van der Waals surface area contributed by atoms with Crippen molar-refractivity contribution in [3.8, 4) is 11.5 Å². The fraction of sp³-hybridized carbons (Fsp3) is 0.235. The summed E-state index contributed by atoms with van der Waals surface area (Å²) in [5, 5.41) is -0.0710. The van der Waals surface area contributed by atoms with Crippen LogP contribution in [0.15, 0.2) is 36.4 Å². The fourth-order valence-electron chi connectivity index (χ4n) is 2.02. The first-order valence-electron chi connectivity index (χ1n) is 6.74. The predicted octanol–water partition coefficient (Wildman–Crippen LogP) is 4.33. The molecule has 0 radical (unpaired) electrons. The summed E-state index contributed by atoms with van der Waals surface area (Å²) in [7, 11) is 1.40. The standard InChI is InChI=1S/C17H17FO3S/c1-11-7-8-15(12(2)9-11)20-10-13-14(18)5-4-6-16(13)21-17(22)19-3/h4-9H,10H2,1-3H3. The molecule has 2 aromatic rings. The quantitative estimate of drug-likeness (QED) is 0.784. The molecule has 3 nitrogen and oxygen atoms in total. The smallest absolute Gasteiger partial charge is 0.357 e. The van der Waals surface area contributed by atoms with Crippen LogP contribution >= 0.6 is 12.2 Å². The van der Waals surface area contributed by atoms with E-state index in [1.165, 1.54) is 13.2 Å². The fourth-order valence-corrected chi connectivity index (χ4v) is 2.11. The van der Waals surface area contributed by atoms with E-state index in [0.29, 0.717) is 11.3 Å². The third-order valence-corrected chi connectivity index (χ3v) is 3.39. The van der Waals surface area contributed by atoms with Gasteiger partial charge in [-0.15, -0.1) is 0 Å². The third-order valence-electron chi connectivity index (χ3n) is 3.14. The first kappa shape index (κ1) is 16.2. The molecule has 0 spiro atoms. The highest BCUT2D eigenvalue weighted by Gasteiger charge is 2.13. The SMILES string of the molecule is COC(=S)Oc1cccc(F)c1COc1ccc(C)cc1C. The van der Waals surface area contributed by atoms with E-state index in [-0.39, 0.29) is 17.6 Å². The minimum atomic E-state index is -0.416. The van der Waals surface area contributed by atoms with Crippen molar-refractivity contribution in [1.82, 2.24) is 0 Å². The summed E-state index contributed by atoms with van der Waals surface area (Å²) in [5.41, 5.74) is 2.43. The molecule has 0 aliphatic rings. The Morgan fingerprint density at radius 2 is 1.91 bits per heavy atom. The zero-order chi connectivity index (χ0) is 16.1. The summed E-state index contributed by atoms with van der Waals surface area (Å²) in [5.74, 6) is 0.576. The van der Waals surface area contributed by atoms with Crippen LogP contribution in [0.25, 0.3) is 0 Å². The predicted molar refractivity (Wildman–Crippen MR) is 86.9 cm³/mol. The lowest BCUT2D eigenvalue weighted by Gasteiger charge is -2.14. The summed E-state index contributed by atoms with van der Waals surface area (Å²) in [6.45, 7) is 3.99. The van der Waals surface area contributed by atoms with Gasteiger partial charge in [-0.05, 0) is 37.6 Å². The Hall–Kier alpha value is -2.14. The molecule has 0 amide bonds. The lowest BCUT2D eigenvalue weighted by atomic mass is 10.1. The van der Waals surface area contributed by atoms with Crippen molar-refractivity contribution in [1.29, 1.82) is 0 Å². The topological polar surface area (TPSA) is 27.7 Å². The van der Waals surface area contributed by atoms with Gasteiger partial charge in [-0.3, -0.25) is 0 Å². The number of aryl methyl sites for hydroxylation is 2. The van der Waals surface area contributed by atoms with Gasteiger partial charge in [0.25, 0.3) is 0 Å². The van der Waals surface area contributed by atoms with Crippen molar-refractivity contribution < 1.29 is 18.6 Å². The Labute approximate surface area is 134 Å². The van der Waals surface area contributed by atoms with Gasteiger partial charge in [-0.25, -0.2) is 4.39 Å². The van der Waals surface area contributed by atoms with E-state index in [1.54, 1.807) is 12.1 Å². The van der Waals surface area contributed by atoms with Crippen LogP contribution in [-0.2, 0) is 11.3 Å². The maximum atomic E-state index is 14.0. The minimum Gasteiger partial charge on any atom is -0.488 e. The lowest BCUT2D eigenvalue weighted by molar-refractivity contribution is 0.282. The second-order valence-corrected chi connectivity index (χ2v) is 5.16. The molecule has 22 heavy (non-hydrogen) atoms. The molecule has 0 aliphatic heterocycles. The van der Waals surface area contributed by atoms with Crippen LogP contribution in [0.2, 0.25) is 0 Å². The van der Waals surface area contributed by atoms with Gasteiger partial charge in [0.2, 0.25) is 0 Å².